The minimum absolute atomic E-state index is 0.332. The number of rotatable bonds is 3. The van der Waals surface area contributed by atoms with Crippen LogP contribution in [0.1, 0.15) is 21.6 Å². The van der Waals surface area contributed by atoms with E-state index in [-0.39, 0.29) is 5.97 Å². The van der Waals surface area contributed by atoms with Crippen molar-refractivity contribution in [2.75, 3.05) is 7.11 Å². The number of benzene rings is 1. The third-order valence-electron chi connectivity index (χ3n) is 3.93. The van der Waals surface area contributed by atoms with Crippen molar-refractivity contribution in [2.45, 2.75) is 6.42 Å². The number of fused-ring (bicyclic) bond motifs is 3. The standard InChI is InChI=1S/C18H14N2O2S/c1-22-18(21)12-2-3-14-15-9-19-13(6-11-4-5-23-10-11)8-17(15)20-16(14)7-12/h2-5,7-10,20H,6H2,1H3. The molecule has 0 amide bonds. The van der Waals surface area contributed by atoms with Gasteiger partial charge in [-0.3, -0.25) is 4.98 Å². The molecule has 0 aliphatic rings. The van der Waals surface area contributed by atoms with E-state index < -0.39 is 0 Å². The van der Waals surface area contributed by atoms with Gasteiger partial charge in [0.25, 0.3) is 0 Å². The maximum absolute atomic E-state index is 11.7. The summed E-state index contributed by atoms with van der Waals surface area (Å²) in [6.45, 7) is 0. The first-order valence-corrected chi connectivity index (χ1v) is 8.18. The quantitative estimate of drug-likeness (QED) is 0.576. The normalized spacial score (nSPS) is 11.2. The van der Waals surface area contributed by atoms with Gasteiger partial charge in [0, 0.05) is 40.1 Å². The summed E-state index contributed by atoms with van der Waals surface area (Å²) in [5, 5.41) is 6.33. The van der Waals surface area contributed by atoms with Crippen LogP contribution in [0.3, 0.4) is 0 Å². The number of hydrogen-bond donors (Lipinski definition) is 1. The molecule has 0 unspecified atom stereocenters. The van der Waals surface area contributed by atoms with Crippen LogP contribution in [0.2, 0.25) is 0 Å². The number of H-pyrrole nitrogens is 1. The average molecular weight is 322 g/mol. The van der Waals surface area contributed by atoms with Crippen LogP contribution in [0.25, 0.3) is 21.8 Å². The van der Waals surface area contributed by atoms with Crippen LogP contribution in [0.4, 0.5) is 0 Å². The lowest BCUT2D eigenvalue weighted by atomic mass is 10.1. The molecule has 0 radical (unpaired) electrons. The van der Waals surface area contributed by atoms with Crippen molar-refractivity contribution in [1.82, 2.24) is 9.97 Å². The second-order valence-corrected chi connectivity index (χ2v) is 6.19. The number of carbonyl (C=O) groups is 1. The number of aromatic nitrogens is 2. The second-order valence-electron chi connectivity index (χ2n) is 5.41. The van der Waals surface area contributed by atoms with Crippen LogP contribution in [0.15, 0.2) is 47.3 Å². The molecule has 23 heavy (non-hydrogen) atoms. The van der Waals surface area contributed by atoms with Gasteiger partial charge >= 0.3 is 5.97 Å². The summed E-state index contributed by atoms with van der Waals surface area (Å²) < 4.78 is 4.77. The van der Waals surface area contributed by atoms with Crippen LogP contribution >= 0.6 is 11.3 Å². The molecule has 114 valence electrons. The van der Waals surface area contributed by atoms with E-state index in [9.17, 15) is 4.79 Å². The summed E-state index contributed by atoms with van der Waals surface area (Å²) in [4.78, 5) is 19.6. The van der Waals surface area contributed by atoms with Gasteiger partial charge in [0.05, 0.1) is 12.7 Å². The Morgan fingerprint density at radius 1 is 1.22 bits per heavy atom. The predicted molar refractivity (Wildman–Crippen MR) is 92.1 cm³/mol. The van der Waals surface area contributed by atoms with E-state index in [4.69, 9.17) is 4.74 Å². The van der Waals surface area contributed by atoms with Crippen molar-refractivity contribution in [3.8, 4) is 0 Å². The molecule has 4 aromatic rings. The molecule has 0 atom stereocenters. The lowest BCUT2D eigenvalue weighted by molar-refractivity contribution is 0.0601. The van der Waals surface area contributed by atoms with Gasteiger partial charge < -0.3 is 9.72 Å². The molecule has 0 saturated carbocycles. The van der Waals surface area contributed by atoms with Crippen LogP contribution in [0, 0.1) is 0 Å². The van der Waals surface area contributed by atoms with Gasteiger partial charge in [-0.05, 0) is 40.6 Å². The highest BCUT2D eigenvalue weighted by molar-refractivity contribution is 7.07. The molecule has 4 rings (SSSR count). The van der Waals surface area contributed by atoms with Gasteiger partial charge in [0.15, 0.2) is 0 Å². The van der Waals surface area contributed by atoms with E-state index in [1.165, 1.54) is 12.7 Å². The number of hydrogen-bond acceptors (Lipinski definition) is 4. The lowest BCUT2D eigenvalue weighted by Gasteiger charge is -1.99. The monoisotopic (exact) mass is 322 g/mol. The molecule has 0 bridgehead atoms. The minimum Gasteiger partial charge on any atom is -0.465 e. The summed E-state index contributed by atoms with van der Waals surface area (Å²) in [7, 11) is 1.39. The first-order chi connectivity index (χ1) is 11.2. The first kappa shape index (κ1) is 14.0. The molecule has 5 heteroatoms. The summed E-state index contributed by atoms with van der Waals surface area (Å²) in [6, 6.07) is 9.72. The number of aromatic amines is 1. The number of methoxy groups -OCH3 is 1. The maximum atomic E-state index is 11.7. The van der Waals surface area contributed by atoms with Crippen molar-refractivity contribution in [2.24, 2.45) is 0 Å². The van der Waals surface area contributed by atoms with Crippen molar-refractivity contribution in [3.63, 3.8) is 0 Å². The summed E-state index contributed by atoms with van der Waals surface area (Å²) in [5.41, 5.74) is 4.78. The zero-order valence-electron chi connectivity index (χ0n) is 12.5. The smallest absolute Gasteiger partial charge is 0.337 e. The van der Waals surface area contributed by atoms with E-state index in [0.717, 1.165) is 33.9 Å². The van der Waals surface area contributed by atoms with Gasteiger partial charge in [0.1, 0.15) is 0 Å². The largest absolute Gasteiger partial charge is 0.465 e. The van der Waals surface area contributed by atoms with E-state index >= 15 is 0 Å². The molecule has 0 fully saturated rings. The van der Waals surface area contributed by atoms with Crippen molar-refractivity contribution < 1.29 is 9.53 Å². The van der Waals surface area contributed by atoms with Gasteiger partial charge in [-0.15, -0.1) is 0 Å². The number of thiophene rings is 1. The second kappa shape index (κ2) is 5.52. The van der Waals surface area contributed by atoms with Gasteiger partial charge in [-0.25, -0.2) is 4.79 Å². The zero-order valence-corrected chi connectivity index (χ0v) is 13.3. The number of carbonyl (C=O) groups excluding carboxylic acids is 1. The van der Waals surface area contributed by atoms with Crippen LogP contribution in [-0.4, -0.2) is 23.0 Å². The molecule has 0 spiro atoms. The predicted octanol–water partition coefficient (Wildman–Crippen LogP) is 4.16. The third kappa shape index (κ3) is 2.49. The Kier molecular flexibility index (Phi) is 3.35. The fourth-order valence-corrected chi connectivity index (χ4v) is 3.46. The number of esters is 1. The molecule has 4 nitrogen and oxygen atoms in total. The van der Waals surface area contributed by atoms with E-state index in [1.54, 1.807) is 17.4 Å². The van der Waals surface area contributed by atoms with E-state index in [0.29, 0.717) is 5.56 Å². The highest BCUT2D eigenvalue weighted by Crippen LogP contribution is 2.26. The molecule has 0 aliphatic heterocycles. The Hall–Kier alpha value is -2.66. The Balaban J connectivity index is 1.79. The number of nitrogens with one attached hydrogen (secondary N) is 1. The Morgan fingerprint density at radius 3 is 2.87 bits per heavy atom. The fourth-order valence-electron chi connectivity index (χ4n) is 2.79. The molecular formula is C18H14N2O2S. The highest BCUT2D eigenvalue weighted by Gasteiger charge is 2.10. The Bertz CT molecular complexity index is 1000. The van der Waals surface area contributed by atoms with Crippen LogP contribution < -0.4 is 0 Å². The van der Waals surface area contributed by atoms with Gasteiger partial charge in [-0.2, -0.15) is 11.3 Å². The van der Waals surface area contributed by atoms with Crippen molar-refractivity contribution in [3.05, 3.63) is 64.1 Å². The third-order valence-corrected chi connectivity index (χ3v) is 4.66. The fraction of sp³-hybridized carbons (Fsp3) is 0.111. The highest BCUT2D eigenvalue weighted by atomic mass is 32.1. The summed E-state index contributed by atoms with van der Waals surface area (Å²) in [6.07, 6.45) is 2.72. The molecule has 0 aliphatic carbocycles. The SMILES string of the molecule is COC(=O)c1ccc2c(c1)[nH]c1cc(Cc3ccsc3)ncc12. The molecule has 1 N–H and O–H groups in total. The summed E-state index contributed by atoms with van der Waals surface area (Å²) in [5.74, 6) is -0.332. The molecule has 3 aromatic heterocycles. The van der Waals surface area contributed by atoms with E-state index in [1.807, 2.05) is 18.3 Å². The van der Waals surface area contributed by atoms with Gasteiger partial charge in [-0.1, -0.05) is 6.07 Å². The molecule has 1 aromatic carbocycles. The molecule has 3 heterocycles. The first-order valence-electron chi connectivity index (χ1n) is 7.24. The molecular weight excluding hydrogens is 308 g/mol. The number of ether oxygens (including phenoxy) is 1. The van der Waals surface area contributed by atoms with Crippen LogP contribution in [0.5, 0.6) is 0 Å². The van der Waals surface area contributed by atoms with Crippen LogP contribution in [-0.2, 0) is 11.2 Å². The Morgan fingerprint density at radius 2 is 2.09 bits per heavy atom. The van der Waals surface area contributed by atoms with Crippen molar-refractivity contribution >= 4 is 39.1 Å². The summed E-state index contributed by atoms with van der Waals surface area (Å²) >= 11 is 1.69. The number of pyridine rings is 1. The van der Waals surface area contributed by atoms with E-state index in [2.05, 4.69) is 32.9 Å². The maximum Gasteiger partial charge on any atom is 0.337 e. The molecule has 0 saturated heterocycles. The zero-order chi connectivity index (χ0) is 15.8. The number of nitrogens with zero attached hydrogens (tertiary/aromatic N) is 1. The minimum atomic E-state index is -0.332. The lowest BCUT2D eigenvalue weighted by Crippen LogP contribution is -2.00. The Labute approximate surface area is 136 Å². The average Bonchev–Trinajstić information content (AvgIpc) is 3.20. The van der Waals surface area contributed by atoms with Crippen molar-refractivity contribution in [1.29, 1.82) is 0 Å². The van der Waals surface area contributed by atoms with Gasteiger partial charge in [0.2, 0.25) is 0 Å². The topological polar surface area (TPSA) is 55.0 Å².